The molecule has 0 bridgehead atoms. The quantitative estimate of drug-likeness (QED) is 0.609. The number of nitrogens with zero attached hydrogens (tertiary/aromatic N) is 3. The van der Waals surface area contributed by atoms with Crippen LogP contribution >= 0.6 is 0 Å². The highest BCUT2D eigenvalue weighted by molar-refractivity contribution is 5.88. The summed E-state index contributed by atoms with van der Waals surface area (Å²) >= 11 is 0. The van der Waals surface area contributed by atoms with Gasteiger partial charge in [-0.2, -0.15) is 5.10 Å². The Hall–Kier alpha value is -3.75. The highest BCUT2D eigenvalue weighted by Crippen LogP contribution is 2.17. The Morgan fingerprint density at radius 1 is 1.00 bits per heavy atom. The molecule has 0 unspecified atom stereocenters. The Bertz CT molecular complexity index is 1170. The molecule has 166 valence electrons. The fourth-order valence-electron chi connectivity index (χ4n) is 3.85. The van der Waals surface area contributed by atoms with E-state index in [0.717, 1.165) is 5.69 Å². The van der Waals surface area contributed by atoms with Crippen LogP contribution in [0.4, 0.5) is 10.1 Å². The SMILES string of the molecule is O=C(Cc1n[nH]c(=O)c2ccccc12)NCCC(=O)N1CCN(c2ccc(F)cc2)CC1. The monoisotopic (exact) mass is 437 g/mol. The number of nitrogens with one attached hydrogen (secondary N) is 2. The smallest absolute Gasteiger partial charge is 0.272 e. The lowest BCUT2D eigenvalue weighted by molar-refractivity contribution is -0.131. The second-order valence-electron chi connectivity index (χ2n) is 7.67. The van der Waals surface area contributed by atoms with Gasteiger partial charge >= 0.3 is 0 Å². The van der Waals surface area contributed by atoms with Crippen LogP contribution in [-0.4, -0.2) is 59.6 Å². The summed E-state index contributed by atoms with van der Waals surface area (Å²) in [5.74, 6) is -0.547. The molecule has 3 aromatic rings. The van der Waals surface area contributed by atoms with Gasteiger partial charge in [0.25, 0.3) is 5.56 Å². The summed E-state index contributed by atoms with van der Waals surface area (Å²) in [5.41, 5.74) is 1.13. The minimum absolute atomic E-state index is 0.0157. The zero-order valence-electron chi connectivity index (χ0n) is 17.5. The number of H-pyrrole nitrogens is 1. The van der Waals surface area contributed by atoms with Gasteiger partial charge in [0.05, 0.1) is 17.5 Å². The first-order chi connectivity index (χ1) is 15.5. The normalized spacial score (nSPS) is 13.9. The lowest BCUT2D eigenvalue weighted by atomic mass is 10.1. The van der Waals surface area contributed by atoms with E-state index in [1.165, 1.54) is 12.1 Å². The average molecular weight is 437 g/mol. The molecule has 4 rings (SSSR count). The Balaban J connectivity index is 1.23. The summed E-state index contributed by atoms with van der Waals surface area (Å²) in [6.07, 6.45) is 0.226. The van der Waals surface area contributed by atoms with Crippen LogP contribution < -0.4 is 15.8 Å². The molecule has 1 aliphatic heterocycles. The Kier molecular flexibility index (Phi) is 6.44. The van der Waals surface area contributed by atoms with E-state index in [1.54, 1.807) is 41.3 Å². The number of fused-ring (bicyclic) bond motifs is 1. The zero-order valence-corrected chi connectivity index (χ0v) is 17.5. The van der Waals surface area contributed by atoms with Crippen molar-refractivity contribution in [2.24, 2.45) is 0 Å². The van der Waals surface area contributed by atoms with Crippen molar-refractivity contribution in [1.82, 2.24) is 20.4 Å². The topological polar surface area (TPSA) is 98.4 Å². The van der Waals surface area contributed by atoms with Gasteiger partial charge < -0.3 is 15.1 Å². The van der Waals surface area contributed by atoms with E-state index < -0.39 is 0 Å². The molecule has 32 heavy (non-hydrogen) atoms. The summed E-state index contributed by atoms with van der Waals surface area (Å²) in [6, 6.07) is 13.3. The summed E-state index contributed by atoms with van der Waals surface area (Å²) in [4.78, 5) is 40.6. The third-order valence-electron chi connectivity index (χ3n) is 5.59. The van der Waals surface area contributed by atoms with Gasteiger partial charge in [0.15, 0.2) is 0 Å². The van der Waals surface area contributed by atoms with Crippen molar-refractivity contribution in [2.75, 3.05) is 37.6 Å². The molecule has 2 heterocycles. The molecule has 0 radical (unpaired) electrons. The molecule has 1 fully saturated rings. The first-order valence-corrected chi connectivity index (χ1v) is 10.5. The van der Waals surface area contributed by atoms with Gasteiger partial charge in [-0.15, -0.1) is 0 Å². The second-order valence-corrected chi connectivity index (χ2v) is 7.67. The molecule has 8 nitrogen and oxygen atoms in total. The van der Waals surface area contributed by atoms with Crippen molar-refractivity contribution < 1.29 is 14.0 Å². The number of anilines is 1. The van der Waals surface area contributed by atoms with Gasteiger partial charge in [-0.3, -0.25) is 14.4 Å². The van der Waals surface area contributed by atoms with Crippen LogP contribution in [0, 0.1) is 5.82 Å². The van der Waals surface area contributed by atoms with Crippen molar-refractivity contribution in [3.8, 4) is 0 Å². The van der Waals surface area contributed by atoms with E-state index >= 15 is 0 Å². The molecule has 0 spiro atoms. The first-order valence-electron chi connectivity index (χ1n) is 10.5. The highest BCUT2D eigenvalue weighted by Gasteiger charge is 2.21. The summed E-state index contributed by atoms with van der Waals surface area (Å²) in [5, 5.41) is 10.3. The number of amides is 2. The van der Waals surface area contributed by atoms with Crippen LogP contribution in [0.25, 0.3) is 10.8 Å². The van der Waals surface area contributed by atoms with Gasteiger partial charge in [0.1, 0.15) is 5.82 Å². The van der Waals surface area contributed by atoms with Crippen LogP contribution in [0.15, 0.2) is 53.3 Å². The van der Waals surface area contributed by atoms with Crippen molar-refractivity contribution in [2.45, 2.75) is 12.8 Å². The molecule has 2 aromatic carbocycles. The molecule has 9 heteroatoms. The maximum atomic E-state index is 13.1. The molecule has 0 saturated carbocycles. The largest absolute Gasteiger partial charge is 0.368 e. The van der Waals surface area contributed by atoms with Crippen LogP contribution in [0.5, 0.6) is 0 Å². The Morgan fingerprint density at radius 2 is 1.69 bits per heavy atom. The van der Waals surface area contributed by atoms with Crippen LogP contribution in [0.1, 0.15) is 12.1 Å². The van der Waals surface area contributed by atoms with E-state index in [2.05, 4.69) is 20.4 Å². The van der Waals surface area contributed by atoms with Gasteiger partial charge in [0, 0.05) is 50.2 Å². The maximum absolute atomic E-state index is 13.1. The lowest BCUT2D eigenvalue weighted by Crippen LogP contribution is -2.49. The lowest BCUT2D eigenvalue weighted by Gasteiger charge is -2.36. The molecule has 1 saturated heterocycles. The van der Waals surface area contributed by atoms with Crippen molar-refractivity contribution in [1.29, 1.82) is 0 Å². The van der Waals surface area contributed by atoms with Crippen molar-refractivity contribution >= 4 is 28.3 Å². The number of hydrogen-bond donors (Lipinski definition) is 2. The van der Waals surface area contributed by atoms with E-state index in [-0.39, 0.29) is 42.6 Å². The van der Waals surface area contributed by atoms with Crippen LogP contribution in [-0.2, 0) is 16.0 Å². The predicted octanol–water partition coefficient (Wildman–Crippen LogP) is 1.46. The second kappa shape index (κ2) is 9.59. The zero-order chi connectivity index (χ0) is 22.5. The molecule has 1 aliphatic rings. The number of hydrogen-bond acceptors (Lipinski definition) is 5. The fourth-order valence-corrected chi connectivity index (χ4v) is 3.85. The third-order valence-corrected chi connectivity index (χ3v) is 5.59. The number of piperazine rings is 1. The van der Waals surface area contributed by atoms with Crippen molar-refractivity contribution in [3.63, 3.8) is 0 Å². The van der Waals surface area contributed by atoms with E-state index in [4.69, 9.17) is 0 Å². The Morgan fingerprint density at radius 3 is 2.41 bits per heavy atom. The average Bonchev–Trinajstić information content (AvgIpc) is 2.82. The molecule has 0 aliphatic carbocycles. The summed E-state index contributed by atoms with van der Waals surface area (Å²) in [7, 11) is 0. The van der Waals surface area contributed by atoms with Crippen LogP contribution in [0.3, 0.4) is 0 Å². The van der Waals surface area contributed by atoms with Gasteiger partial charge in [0.2, 0.25) is 11.8 Å². The number of carbonyl (C=O) groups is 2. The number of halogens is 1. The summed E-state index contributed by atoms with van der Waals surface area (Å²) < 4.78 is 13.1. The predicted molar refractivity (Wildman–Crippen MR) is 119 cm³/mol. The first kappa shape index (κ1) is 21.5. The number of rotatable bonds is 6. The van der Waals surface area contributed by atoms with Gasteiger partial charge in [-0.1, -0.05) is 18.2 Å². The maximum Gasteiger partial charge on any atom is 0.272 e. The molecule has 0 atom stereocenters. The molecule has 2 N–H and O–H groups in total. The summed E-state index contributed by atoms with van der Waals surface area (Å²) in [6.45, 7) is 2.75. The number of aromatic nitrogens is 2. The van der Waals surface area contributed by atoms with Crippen LogP contribution in [0.2, 0.25) is 0 Å². The van der Waals surface area contributed by atoms with E-state index in [1.807, 2.05) is 0 Å². The fraction of sp³-hybridized carbons (Fsp3) is 0.304. The highest BCUT2D eigenvalue weighted by atomic mass is 19.1. The standard InChI is InChI=1S/C23H24FN5O3/c24-16-5-7-17(8-6-16)28-11-13-29(14-12-28)22(31)9-10-25-21(30)15-20-18-3-1-2-4-19(18)23(32)27-26-20/h1-8H,9-15H2,(H,25,30)(H,27,32). The number of benzene rings is 2. The van der Waals surface area contributed by atoms with Gasteiger partial charge in [-0.05, 0) is 30.3 Å². The minimum atomic E-state index is -0.296. The molecular formula is C23H24FN5O3. The molecule has 1 aromatic heterocycles. The molecular weight excluding hydrogens is 413 g/mol. The van der Waals surface area contributed by atoms with E-state index in [0.29, 0.717) is 42.6 Å². The number of aromatic amines is 1. The van der Waals surface area contributed by atoms with Gasteiger partial charge in [-0.25, -0.2) is 9.49 Å². The Labute approximate surface area is 184 Å². The van der Waals surface area contributed by atoms with E-state index in [9.17, 15) is 18.8 Å². The minimum Gasteiger partial charge on any atom is -0.368 e. The molecule has 2 amide bonds. The third kappa shape index (κ3) is 4.93. The number of carbonyl (C=O) groups excluding carboxylic acids is 2. The van der Waals surface area contributed by atoms with Crippen molar-refractivity contribution in [3.05, 3.63) is 70.4 Å².